The van der Waals surface area contributed by atoms with Crippen molar-refractivity contribution in [1.29, 1.82) is 0 Å². The Morgan fingerprint density at radius 2 is 2.06 bits per heavy atom. The van der Waals surface area contributed by atoms with Crippen molar-refractivity contribution < 1.29 is 19.0 Å². The van der Waals surface area contributed by atoms with Gasteiger partial charge in [-0.3, -0.25) is 9.69 Å². The Hall–Kier alpha value is -2.35. The second-order valence-electron chi connectivity index (χ2n) is 8.23. The van der Waals surface area contributed by atoms with Crippen molar-refractivity contribution in [2.45, 2.75) is 44.9 Å². The van der Waals surface area contributed by atoms with Gasteiger partial charge in [-0.25, -0.2) is 4.79 Å². The highest BCUT2D eigenvalue weighted by Crippen LogP contribution is 2.26. The van der Waals surface area contributed by atoms with E-state index in [0.29, 0.717) is 57.1 Å². The average Bonchev–Trinajstić information content (AvgIpc) is 3.02. The van der Waals surface area contributed by atoms with Gasteiger partial charge in [0, 0.05) is 56.0 Å². The van der Waals surface area contributed by atoms with Crippen LogP contribution in [0.15, 0.2) is 35.1 Å². The van der Waals surface area contributed by atoms with Gasteiger partial charge in [-0.15, -0.1) is 0 Å². The molecule has 0 amide bonds. The summed E-state index contributed by atoms with van der Waals surface area (Å²) in [6.45, 7) is 3.54. The number of benzene rings is 1. The van der Waals surface area contributed by atoms with Crippen LogP contribution in [-0.2, 0) is 29.0 Å². The van der Waals surface area contributed by atoms with Crippen molar-refractivity contribution in [3.05, 3.63) is 62.5 Å². The first-order chi connectivity index (χ1) is 15.6. The van der Waals surface area contributed by atoms with Crippen LogP contribution in [0.3, 0.4) is 0 Å². The van der Waals surface area contributed by atoms with Crippen molar-refractivity contribution >= 4 is 17.6 Å². The van der Waals surface area contributed by atoms with Crippen molar-refractivity contribution in [1.82, 2.24) is 9.47 Å². The average molecular weight is 461 g/mol. The number of pyridine rings is 1. The molecule has 1 aromatic carbocycles. The third-order valence-corrected chi connectivity index (χ3v) is 6.49. The standard InChI is InChI=1S/C24H29ClN2O5/c1-30-24(29)23-20-9-10-26(15-17-6-2-3-8-19(17)25)11-12-27(20)22(28)14-21(23)32-16-18-7-4-5-13-31-18/h2-3,6,8,14,18H,4-5,7,9-13,15-16H2,1H3. The minimum atomic E-state index is -0.493. The minimum Gasteiger partial charge on any atom is -0.490 e. The van der Waals surface area contributed by atoms with Crippen LogP contribution in [0.4, 0.5) is 0 Å². The number of nitrogens with zero attached hydrogens (tertiary/aromatic N) is 2. The lowest BCUT2D eigenvalue weighted by molar-refractivity contribution is -0.0114. The van der Waals surface area contributed by atoms with Gasteiger partial charge >= 0.3 is 5.97 Å². The summed E-state index contributed by atoms with van der Waals surface area (Å²) in [6.07, 6.45) is 3.55. The maximum absolute atomic E-state index is 12.9. The maximum Gasteiger partial charge on any atom is 0.343 e. The van der Waals surface area contributed by atoms with Crippen LogP contribution in [-0.4, -0.2) is 55.0 Å². The predicted molar refractivity (Wildman–Crippen MR) is 122 cm³/mol. The van der Waals surface area contributed by atoms with Crippen LogP contribution in [0.5, 0.6) is 5.75 Å². The first kappa shape index (κ1) is 22.8. The molecule has 0 spiro atoms. The first-order valence-electron chi connectivity index (χ1n) is 11.1. The van der Waals surface area contributed by atoms with Gasteiger partial charge in [0.2, 0.25) is 0 Å². The van der Waals surface area contributed by atoms with E-state index in [-0.39, 0.29) is 17.4 Å². The Morgan fingerprint density at radius 1 is 1.22 bits per heavy atom. The number of esters is 1. The number of carbonyl (C=O) groups excluding carboxylic acids is 1. The molecule has 8 heteroatoms. The molecule has 172 valence electrons. The van der Waals surface area contributed by atoms with Gasteiger partial charge in [-0.05, 0) is 30.9 Å². The molecule has 0 radical (unpaired) electrons. The fourth-order valence-corrected chi connectivity index (χ4v) is 4.57. The molecule has 3 heterocycles. The zero-order valence-corrected chi connectivity index (χ0v) is 19.1. The summed E-state index contributed by atoms with van der Waals surface area (Å²) < 4.78 is 18.4. The van der Waals surface area contributed by atoms with Gasteiger partial charge in [0.05, 0.1) is 13.2 Å². The first-order valence-corrected chi connectivity index (χ1v) is 11.5. The lowest BCUT2D eigenvalue weighted by atomic mass is 10.1. The van der Waals surface area contributed by atoms with Gasteiger partial charge in [-0.1, -0.05) is 29.8 Å². The normalized spacial score (nSPS) is 19.1. The molecule has 1 unspecified atom stereocenters. The Labute approximate surface area is 192 Å². The smallest absolute Gasteiger partial charge is 0.343 e. The topological polar surface area (TPSA) is 70.0 Å². The zero-order valence-electron chi connectivity index (χ0n) is 18.3. The van der Waals surface area contributed by atoms with Gasteiger partial charge in [0.15, 0.2) is 0 Å². The summed E-state index contributed by atoms with van der Waals surface area (Å²) in [5.41, 5.74) is 1.86. The van der Waals surface area contributed by atoms with E-state index in [2.05, 4.69) is 4.90 Å². The Bertz CT molecular complexity index is 1020. The molecule has 0 saturated carbocycles. The highest BCUT2D eigenvalue weighted by molar-refractivity contribution is 6.31. The third-order valence-electron chi connectivity index (χ3n) is 6.13. The van der Waals surface area contributed by atoms with Crippen LogP contribution in [0, 0.1) is 0 Å². The van der Waals surface area contributed by atoms with E-state index in [0.717, 1.165) is 29.8 Å². The molecule has 2 aliphatic rings. The SMILES string of the molecule is COC(=O)c1c(OCC2CCCCO2)cc(=O)n2c1CCN(Cc1ccccc1Cl)CC2. The molecule has 1 atom stereocenters. The summed E-state index contributed by atoms with van der Waals surface area (Å²) in [6, 6.07) is 9.16. The fourth-order valence-electron chi connectivity index (χ4n) is 4.38. The van der Waals surface area contributed by atoms with E-state index >= 15 is 0 Å². The van der Waals surface area contributed by atoms with Crippen LogP contribution in [0.25, 0.3) is 0 Å². The lowest BCUT2D eigenvalue weighted by Crippen LogP contribution is -2.30. The van der Waals surface area contributed by atoms with Gasteiger partial charge in [-0.2, -0.15) is 0 Å². The fraction of sp³-hybridized carbons (Fsp3) is 0.500. The molecule has 1 saturated heterocycles. The van der Waals surface area contributed by atoms with Crippen LogP contribution in [0.1, 0.15) is 40.9 Å². The van der Waals surface area contributed by atoms with Crippen LogP contribution < -0.4 is 10.3 Å². The van der Waals surface area contributed by atoms with Gasteiger partial charge in [0.1, 0.15) is 17.9 Å². The molecule has 2 aliphatic heterocycles. The van der Waals surface area contributed by atoms with Crippen molar-refractivity contribution in [2.24, 2.45) is 0 Å². The molecule has 32 heavy (non-hydrogen) atoms. The number of carbonyl (C=O) groups is 1. The van der Waals surface area contributed by atoms with E-state index in [4.69, 9.17) is 25.8 Å². The van der Waals surface area contributed by atoms with E-state index in [1.54, 1.807) is 4.57 Å². The lowest BCUT2D eigenvalue weighted by Gasteiger charge is -2.24. The summed E-state index contributed by atoms with van der Waals surface area (Å²) in [4.78, 5) is 27.9. The van der Waals surface area contributed by atoms with Gasteiger partial charge < -0.3 is 18.8 Å². The summed E-state index contributed by atoms with van der Waals surface area (Å²) in [5.74, 6) is -0.213. The molecule has 1 aromatic heterocycles. The third kappa shape index (κ3) is 5.17. The maximum atomic E-state index is 12.9. The van der Waals surface area contributed by atoms with E-state index in [9.17, 15) is 9.59 Å². The number of methoxy groups -OCH3 is 1. The molecule has 4 rings (SSSR count). The molecule has 7 nitrogen and oxygen atoms in total. The van der Waals surface area contributed by atoms with Crippen molar-refractivity contribution in [3.8, 4) is 5.75 Å². The Morgan fingerprint density at radius 3 is 2.81 bits per heavy atom. The minimum absolute atomic E-state index is 0.0260. The molecule has 2 aromatic rings. The monoisotopic (exact) mass is 460 g/mol. The predicted octanol–water partition coefficient (Wildman–Crippen LogP) is 3.29. The number of fused-ring (bicyclic) bond motifs is 1. The van der Waals surface area contributed by atoms with E-state index in [1.807, 2.05) is 24.3 Å². The molecular formula is C24H29ClN2O5. The Balaban J connectivity index is 1.57. The molecule has 0 N–H and O–H groups in total. The number of halogens is 1. The number of rotatable bonds is 6. The highest BCUT2D eigenvalue weighted by Gasteiger charge is 2.27. The second kappa shape index (κ2) is 10.5. The van der Waals surface area contributed by atoms with Gasteiger partial charge in [0.25, 0.3) is 5.56 Å². The number of aromatic nitrogens is 1. The van der Waals surface area contributed by atoms with E-state index in [1.165, 1.54) is 13.2 Å². The summed E-state index contributed by atoms with van der Waals surface area (Å²) in [7, 11) is 1.35. The zero-order chi connectivity index (χ0) is 22.5. The summed E-state index contributed by atoms with van der Waals surface area (Å²) in [5, 5.41) is 0.724. The molecule has 0 bridgehead atoms. The number of hydrogen-bond donors (Lipinski definition) is 0. The number of ether oxygens (including phenoxy) is 3. The van der Waals surface area contributed by atoms with E-state index < -0.39 is 5.97 Å². The van der Waals surface area contributed by atoms with Crippen LogP contribution in [0.2, 0.25) is 5.02 Å². The molecule has 0 aliphatic carbocycles. The quantitative estimate of drug-likeness (QED) is 0.616. The van der Waals surface area contributed by atoms with Crippen molar-refractivity contribution in [2.75, 3.05) is 33.4 Å². The highest BCUT2D eigenvalue weighted by atomic mass is 35.5. The largest absolute Gasteiger partial charge is 0.490 e. The number of hydrogen-bond acceptors (Lipinski definition) is 6. The van der Waals surface area contributed by atoms with Crippen molar-refractivity contribution in [3.63, 3.8) is 0 Å². The molecular weight excluding hydrogens is 432 g/mol. The van der Waals surface area contributed by atoms with Crippen LogP contribution >= 0.6 is 11.6 Å². The second-order valence-corrected chi connectivity index (χ2v) is 8.64. The molecule has 1 fully saturated rings. The summed E-state index contributed by atoms with van der Waals surface area (Å²) >= 11 is 6.33. The Kier molecular flexibility index (Phi) is 7.50.